The van der Waals surface area contributed by atoms with Crippen LogP contribution in [0.25, 0.3) is 0 Å². The molecule has 0 aromatic heterocycles. The molecule has 338 valence electrons. The first kappa shape index (κ1) is 48.5. The van der Waals surface area contributed by atoms with Gasteiger partial charge in [0.05, 0.1) is 32.7 Å². The molecule has 5 aliphatic rings. The number of benzene rings is 1. The molecule has 3 unspecified atom stereocenters. The minimum atomic E-state index is -0.712. The van der Waals surface area contributed by atoms with Crippen LogP contribution in [-0.2, 0) is 57.8 Å². The quantitative estimate of drug-likeness (QED) is 0.0328. The first-order valence-corrected chi connectivity index (χ1v) is 23.8. The molecule has 4 bridgehead atoms. The van der Waals surface area contributed by atoms with Crippen LogP contribution in [0.3, 0.4) is 0 Å². The first-order chi connectivity index (χ1) is 29.7. The second-order valence-corrected chi connectivity index (χ2v) is 18.3. The van der Waals surface area contributed by atoms with Crippen LogP contribution in [0.1, 0.15) is 166 Å². The molecule has 1 aliphatic heterocycles. The van der Waals surface area contributed by atoms with Gasteiger partial charge >= 0.3 is 18.1 Å². The molecular weight excluding hydrogens is 771 g/mol. The normalized spacial score (nSPS) is 23.0. The van der Waals surface area contributed by atoms with Gasteiger partial charge in [0, 0.05) is 44.6 Å². The molecule has 4 saturated carbocycles. The van der Waals surface area contributed by atoms with Crippen LogP contribution in [0, 0.1) is 52.8 Å². The number of carbonyl (C=O) groups is 3. The highest BCUT2D eigenvalue weighted by Gasteiger charge is 2.48. The third-order valence-corrected chi connectivity index (χ3v) is 13.0. The van der Waals surface area contributed by atoms with E-state index in [1.165, 1.54) is 25.7 Å². The van der Waals surface area contributed by atoms with Crippen LogP contribution in [0.2, 0.25) is 0 Å². The number of ether oxygens (including phenoxy) is 6. The van der Waals surface area contributed by atoms with Gasteiger partial charge < -0.3 is 33.3 Å². The molecule has 0 N–H and O–H groups in total. The lowest BCUT2D eigenvalue weighted by atomic mass is 9.60. The predicted octanol–water partition coefficient (Wildman–Crippen LogP) is 10.5. The topological polar surface area (TPSA) is 110 Å². The van der Waals surface area contributed by atoms with Crippen LogP contribution < -0.4 is 0 Å². The highest BCUT2D eigenvalue weighted by molar-refractivity contribution is 5.70. The molecule has 1 aromatic rings. The molecular formula is C51H75NO9. The van der Waals surface area contributed by atoms with E-state index < -0.39 is 12.4 Å². The van der Waals surface area contributed by atoms with Gasteiger partial charge in [0.2, 0.25) is 0 Å². The van der Waals surface area contributed by atoms with Crippen LogP contribution in [0.5, 0.6) is 0 Å². The number of likely N-dealkylation sites (tertiary alicyclic amines) is 1. The van der Waals surface area contributed by atoms with Crippen LogP contribution >= 0.6 is 0 Å². The molecule has 0 amide bonds. The first-order valence-electron chi connectivity index (χ1n) is 23.8. The third-order valence-electron chi connectivity index (χ3n) is 13.0. The second-order valence-electron chi connectivity index (χ2n) is 18.3. The minimum absolute atomic E-state index is 0.00775. The van der Waals surface area contributed by atoms with Crippen molar-refractivity contribution in [2.45, 2.75) is 175 Å². The summed E-state index contributed by atoms with van der Waals surface area (Å²) in [7, 11) is 0. The Hall–Kier alpha value is -3.57. The number of rotatable bonds is 24. The SMILES string of the molecule is CCCCC#CCCOC(CCC(=O)OCc1cc(COC(=O)CC23CCC4CC(CC(C4)C2)C3)cc(COC(=O)OCC2CCCN(CC)C2)c1)OCCC#CCCCC. The van der Waals surface area contributed by atoms with Gasteiger partial charge in [0.1, 0.15) is 19.8 Å². The molecule has 1 heterocycles. The molecule has 5 fully saturated rings. The summed E-state index contributed by atoms with van der Waals surface area (Å²) in [5, 5.41) is 0. The van der Waals surface area contributed by atoms with Crippen molar-refractivity contribution in [3.63, 3.8) is 0 Å². The summed E-state index contributed by atoms with van der Waals surface area (Å²) in [5.74, 6) is 14.8. The van der Waals surface area contributed by atoms with E-state index in [0.717, 1.165) is 114 Å². The average molecular weight is 846 g/mol. The number of hydrogen-bond donors (Lipinski definition) is 0. The Bertz CT molecular complexity index is 1590. The number of nitrogens with zero attached hydrogens (tertiary/aromatic N) is 1. The van der Waals surface area contributed by atoms with Gasteiger partial charge in [0.25, 0.3) is 0 Å². The third kappa shape index (κ3) is 18.0. The van der Waals surface area contributed by atoms with Crippen molar-refractivity contribution >= 4 is 18.1 Å². The summed E-state index contributed by atoms with van der Waals surface area (Å²) in [6, 6.07) is 5.62. The molecule has 4 aliphatic carbocycles. The van der Waals surface area contributed by atoms with Gasteiger partial charge in [-0.2, -0.15) is 0 Å². The molecule has 6 rings (SSSR count). The Balaban J connectivity index is 1.15. The molecule has 10 heteroatoms. The summed E-state index contributed by atoms with van der Waals surface area (Å²) in [5.41, 5.74) is 2.22. The Morgan fingerprint density at radius 3 is 1.90 bits per heavy atom. The molecule has 1 saturated heterocycles. The predicted molar refractivity (Wildman–Crippen MR) is 236 cm³/mol. The van der Waals surface area contributed by atoms with Gasteiger partial charge in [-0.3, -0.25) is 9.59 Å². The van der Waals surface area contributed by atoms with Crippen molar-refractivity contribution in [3.05, 3.63) is 34.9 Å². The van der Waals surface area contributed by atoms with E-state index in [2.05, 4.69) is 49.4 Å². The van der Waals surface area contributed by atoms with Gasteiger partial charge in [-0.05, 0) is 142 Å². The fourth-order valence-corrected chi connectivity index (χ4v) is 10.1. The fourth-order valence-electron chi connectivity index (χ4n) is 10.1. The highest BCUT2D eigenvalue weighted by atomic mass is 16.7. The maximum atomic E-state index is 13.4. The van der Waals surface area contributed by atoms with E-state index >= 15 is 0 Å². The standard InChI is InChI=1S/C51H75NO9/c1-4-7-9-11-13-15-24-56-49(57-25-16-14-12-10-8-5-2)20-19-47(53)58-37-44-29-45(31-46(30-44)39-61-50(55)60-36-41-18-17-23-52(6-3)35-41)38-59-48(54)34-51-22-21-40-26-42(32-51)28-43(27-40)33-51/h29-31,40-43,49H,4-10,15-28,32-39H2,1-3H3. The smallest absolute Gasteiger partial charge is 0.461 e. The monoisotopic (exact) mass is 846 g/mol. The summed E-state index contributed by atoms with van der Waals surface area (Å²) in [4.78, 5) is 41.6. The maximum Gasteiger partial charge on any atom is 0.508 e. The van der Waals surface area contributed by atoms with E-state index in [0.29, 0.717) is 62.5 Å². The molecule has 0 spiro atoms. The summed E-state index contributed by atoms with van der Waals surface area (Å²) in [6.45, 7) is 10.7. The lowest BCUT2D eigenvalue weighted by molar-refractivity contribution is -0.158. The number of esters is 2. The van der Waals surface area contributed by atoms with Crippen LogP contribution in [-0.4, -0.2) is 68.7 Å². The van der Waals surface area contributed by atoms with E-state index in [1.54, 1.807) is 0 Å². The molecule has 61 heavy (non-hydrogen) atoms. The van der Waals surface area contributed by atoms with Gasteiger partial charge in [-0.1, -0.05) is 33.6 Å². The van der Waals surface area contributed by atoms with Crippen molar-refractivity contribution in [1.29, 1.82) is 0 Å². The molecule has 3 atom stereocenters. The Morgan fingerprint density at radius 1 is 0.721 bits per heavy atom. The van der Waals surface area contributed by atoms with Crippen molar-refractivity contribution in [2.75, 3.05) is 39.5 Å². The zero-order valence-corrected chi connectivity index (χ0v) is 37.7. The average Bonchev–Trinajstić information content (AvgIpc) is 3.46. The number of unbranched alkanes of at least 4 members (excludes halogenated alkanes) is 4. The van der Waals surface area contributed by atoms with Gasteiger partial charge in [0.15, 0.2) is 6.29 Å². The Kier molecular flexibility index (Phi) is 21.3. The number of hydrogen-bond acceptors (Lipinski definition) is 10. The lowest BCUT2D eigenvalue weighted by Crippen LogP contribution is -2.37. The van der Waals surface area contributed by atoms with Crippen molar-refractivity contribution in [1.82, 2.24) is 4.90 Å². The molecule has 1 aromatic carbocycles. The summed E-state index contributed by atoms with van der Waals surface area (Å²) >= 11 is 0. The van der Waals surface area contributed by atoms with Crippen molar-refractivity contribution in [3.8, 4) is 23.7 Å². The molecule has 10 nitrogen and oxygen atoms in total. The Morgan fingerprint density at radius 2 is 1.30 bits per heavy atom. The highest BCUT2D eigenvalue weighted by Crippen LogP contribution is 2.58. The largest absolute Gasteiger partial charge is 0.508 e. The van der Waals surface area contributed by atoms with Crippen molar-refractivity contribution < 1.29 is 42.8 Å². The summed E-state index contributed by atoms with van der Waals surface area (Å²) < 4.78 is 34.8. The molecule has 0 radical (unpaired) electrons. The van der Waals surface area contributed by atoms with Gasteiger partial charge in [-0.15, -0.1) is 23.7 Å². The van der Waals surface area contributed by atoms with Crippen LogP contribution in [0.4, 0.5) is 4.79 Å². The fraction of sp³-hybridized carbons (Fsp3) is 0.745. The maximum absolute atomic E-state index is 13.4. The van der Waals surface area contributed by atoms with E-state index in [1.807, 2.05) is 18.2 Å². The van der Waals surface area contributed by atoms with Crippen LogP contribution in [0.15, 0.2) is 18.2 Å². The lowest BCUT2D eigenvalue weighted by Gasteiger charge is -2.45. The Labute approximate surface area is 367 Å². The van der Waals surface area contributed by atoms with E-state index in [9.17, 15) is 14.4 Å². The summed E-state index contributed by atoms with van der Waals surface area (Å²) in [6.07, 6.45) is 17.7. The number of piperidine rings is 1. The van der Waals surface area contributed by atoms with E-state index in [-0.39, 0.29) is 43.6 Å². The number of fused-ring (bicyclic) bond motifs is 1. The number of carbonyl (C=O) groups excluding carboxylic acids is 3. The van der Waals surface area contributed by atoms with Crippen molar-refractivity contribution in [2.24, 2.45) is 29.1 Å². The van der Waals surface area contributed by atoms with Gasteiger partial charge in [-0.25, -0.2) is 4.79 Å². The zero-order chi connectivity index (χ0) is 43.1. The van der Waals surface area contributed by atoms with E-state index in [4.69, 9.17) is 28.4 Å². The zero-order valence-electron chi connectivity index (χ0n) is 37.7. The second kappa shape index (κ2) is 26.8. The minimum Gasteiger partial charge on any atom is -0.461 e.